The molecule has 0 saturated heterocycles. The van der Waals surface area contributed by atoms with Crippen LogP contribution in [-0.4, -0.2) is 11.3 Å². The second-order valence-electron chi connectivity index (χ2n) is 4.45. The molecule has 4 heteroatoms. The Bertz CT molecular complexity index is 594. The lowest BCUT2D eigenvalue weighted by Gasteiger charge is -2.16. The van der Waals surface area contributed by atoms with Crippen LogP contribution in [0.2, 0.25) is 0 Å². The van der Waals surface area contributed by atoms with Gasteiger partial charge in [0, 0.05) is 5.92 Å². The normalized spacial score (nSPS) is 14.6. The summed E-state index contributed by atoms with van der Waals surface area (Å²) in [6.45, 7) is 0. The highest BCUT2D eigenvalue weighted by Gasteiger charge is 2.37. The monoisotopic (exact) mass is 292 g/mol. The van der Waals surface area contributed by atoms with Crippen molar-refractivity contribution in [3.8, 4) is 11.1 Å². The molecule has 0 amide bonds. The molecule has 0 saturated carbocycles. The van der Waals surface area contributed by atoms with Crippen LogP contribution in [0.15, 0.2) is 48.5 Å². The van der Waals surface area contributed by atoms with Gasteiger partial charge in [0.2, 0.25) is 0 Å². The fourth-order valence-electron chi connectivity index (χ4n) is 2.69. The second kappa shape index (κ2) is 4.87. The maximum atomic E-state index is 11.6. The van der Waals surface area contributed by atoms with Crippen molar-refractivity contribution in [3.05, 3.63) is 59.7 Å². The second-order valence-corrected chi connectivity index (χ2v) is 5.07. The van der Waals surface area contributed by atoms with Crippen LogP contribution in [0.25, 0.3) is 11.1 Å². The van der Waals surface area contributed by atoms with Crippen molar-refractivity contribution in [1.29, 1.82) is 0 Å². The molecule has 1 aliphatic carbocycles. The third-order valence-electron chi connectivity index (χ3n) is 3.48. The number of benzene rings is 2. The molecule has 0 aliphatic heterocycles. The van der Waals surface area contributed by atoms with E-state index in [1.807, 2.05) is 48.5 Å². The van der Waals surface area contributed by atoms with Gasteiger partial charge in [-0.1, -0.05) is 48.5 Å². The highest BCUT2D eigenvalue weighted by atomic mass is 35.5. The Morgan fingerprint density at radius 3 is 1.95 bits per heavy atom. The van der Waals surface area contributed by atoms with Crippen molar-refractivity contribution in [1.82, 2.24) is 0 Å². The molecule has 2 aromatic rings. The van der Waals surface area contributed by atoms with E-state index in [1.54, 1.807) is 0 Å². The minimum absolute atomic E-state index is 0.222. The Morgan fingerprint density at radius 2 is 1.47 bits per heavy atom. The van der Waals surface area contributed by atoms with Gasteiger partial charge in [0.1, 0.15) is 17.2 Å². The van der Waals surface area contributed by atoms with E-state index in [4.69, 9.17) is 23.5 Å². The SMILES string of the molecule is O=C(OCl)C(Cl)C1c2ccccc2-c2ccccc21. The Morgan fingerprint density at radius 1 is 1.00 bits per heavy atom. The Balaban J connectivity index is 2.17. The van der Waals surface area contributed by atoms with Crippen molar-refractivity contribution in [2.45, 2.75) is 11.3 Å². The van der Waals surface area contributed by atoms with Crippen molar-refractivity contribution in [2.75, 3.05) is 0 Å². The van der Waals surface area contributed by atoms with Gasteiger partial charge in [-0.3, -0.25) is 0 Å². The largest absolute Gasteiger partial charge is 0.346 e. The first-order valence-corrected chi connectivity index (χ1v) is 6.63. The summed E-state index contributed by atoms with van der Waals surface area (Å²) in [6, 6.07) is 15.9. The number of fused-ring (bicyclic) bond motifs is 3. The Kier molecular flexibility index (Phi) is 3.21. The fraction of sp³-hybridized carbons (Fsp3) is 0.133. The molecule has 0 aromatic heterocycles. The minimum Gasteiger partial charge on any atom is -0.346 e. The van der Waals surface area contributed by atoms with Gasteiger partial charge in [-0.2, -0.15) is 0 Å². The maximum absolute atomic E-state index is 11.6. The first-order chi connectivity index (χ1) is 9.24. The first kappa shape index (κ1) is 12.5. The number of carbonyl (C=O) groups is 1. The number of rotatable bonds is 2. The van der Waals surface area contributed by atoms with Crippen LogP contribution >= 0.6 is 23.5 Å². The predicted octanol–water partition coefficient (Wildman–Crippen LogP) is 4.10. The van der Waals surface area contributed by atoms with E-state index >= 15 is 0 Å². The lowest BCUT2D eigenvalue weighted by Crippen LogP contribution is -2.22. The van der Waals surface area contributed by atoms with Crippen LogP contribution < -0.4 is 0 Å². The summed E-state index contributed by atoms with van der Waals surface area (Å²) in [4.78, 5) is 11.6. The van der Waals surface area contributed by atoms with E-state index in [-0.39, 0.29) is 5.92 Å². The molecule has 0 spiro atoms. The van der Waals surface area contributed by atoms with Gasteiger partial charge in [-0.05, 0) is 22.3 Å². The molecule has 0 fully saturated rings. The van der Waals surface area contributed by atoms with Gasteiger partial charge < -0.3 is 4.29 Å². The van der Waals surface area contributed by atoms with Crippen LogP contribution in [0.4, 0.5) is 0 Å². The molecule has 3 rings (SSSR count). The van der Waals surface area contributed by atoms with Crippen molar-refractivity contribution < 1.29 is 9.08 Å². The zero-order valence-electron chi connectivity index (χ0n) is 9.85. The molecule has 1 aliphatic rings. The summed E-state index contributed by atoms with van der Waals surface area (Å²) >= 11 is 11.4. The smallest absolute Gasteiger partial charge is 0.343 e. The Labute approximate surface area is 121 Å². The number of carbonyl (C=O) groups excluding carboxylic acids is 1. The molecule has 1 atom stereocenters. The molecule has 1 unspecified atom stereocenters. The van der Waals surface area contributed by atoms with E-state index in [2.05, 4.69) is 4.29 Å². The lowest BCUT2D eigenvalue weighted by atomic mass is 9.93. The molecule has 19 heavy (non-hydrogen) atoms. The average Bonchev–Trinajstić information content (AvgIpc) is 2.80. The highest BCUT2D eigenvalue weighted by molar-refractivity contribution is 6.33. The van der Waals surface area contributed by atoms with Gasteiger partial charge >= 0.3 is 5.97 Å². The summed E-state index contributed by atoms with van der Waals surface area (Å²) in [5, 5.41) is -0.831. The molecular formula is C15H10Cl2O2. The molecule has 0 radical (unpaired) electrons. The molecule has 0 bridgehead atoms. The molecule has 2 nitrogen and oxygen atoms in total. The highest BCUT2D eigenvalue weighted by Crippen LogP contribution is 2.47. The van der Waals surface area contributed by atoms with Gasteiger partial charge in [-0.25, -0.2) is 4.79 Å². The zero-order chi connectivity index (χ0) is 13.4. The molecular weight excluding hydrogens is 283 g/mol. The standard InChI is InChI=1S/C15H10Cl2O2/c16-14(15(18)19-17)13-11-7-3-1-5-9(11)10-6-2-4-8-12(10)13/h1-8,13-14H. The van der Waals surface area contributed by atoms with Crippen molar-refractivity contribution in [3.63, 3.8) is 0 Å². The summed E-state index contributed by atoms with van der Waals surface area (Å²) in [6.07, 6.45) is 0. The van der Waals surface area contributed by atoms with Gasteiger partial charge in [-0.15, -0.1) is 11.6 Å². The number of hydrogen-bond donors (Lipinski definition) is 0. The van der Waals surface area contributed by atoms with E-state index in [0.29, 0.717) is 0 Å². The topological polar surface area (TPSA) is 26.3 Å². The molecule has 0 heterocycles. The zero-order valence-corrected chi connectivity index (χ0v) is 11.4. The molecule has 0 N–H and O–H groups in total. The lowest BCUT2D eigenvalue weighted by molar-refractivity contribution is -0.133. The summed E-state index contributed by atoms with van der Waals surface area (Å²) in [7, 11) is 0. The minimum atomic E-state index is -0.831. The fourth-order valence-corrected chi connectivity index (χ4v) is 3.15. The number of alkyl halides is 1. The Hall–Kier alpha value is -1.51. The summed E-state index contributed by atoms with van der Waals surface area (Å²) in [5.74, 6) is -0.847. The van der Waals surface area contributed by atoms with Gasteiger partial charge in [0.15, 0.2) is 0 Å². The number of halogens is 2. The van der Waals surface area contributed by atoms with Crippen LogP contribution in [0.1, 0.15) is 17.0 Å². The van der Waals surface area contributed by atoms with Crippen LogP contribution in [0, 0.1) is 0 Å². The predicted molar refractivity (Wildman–Crippen MR) is 75.3 cm³/mol. The maximum Gasteiger partial charge on any atom is 0.343 e. The summed E-state index contributed by atoms with van der Waals surface area (Å²) in [5.41, 5.74) is 4.28. The van der Waals surface area contributed by atoms with E-state index in [1.165, 1.54) is 0 Å². The van der Waals surface area contributed by atoms with Gasteiger partial charge in [0.05, 0.1) is 0 Å². The quantitative estimate of drug-likeness (QED) is 0.779. The van der Waals surface area contributed by atoms with Crippen LogP contribution in [0.5, 0.6) is 0 Å². The first-order valence-electron chi connectivity index (χ1n) is 5.88. The summed E-state index contributed by atoms with van der Waals surface area (Å²) < 4.78 is 4.26. The van der Waals surface area contributed by atoms with Crippen LogP contribution in [0.3, 0.4) is 0 Å². The van der Waals surface area contributed by atoms with Gasteiger partial charge in [0.25, 0.3) is 0 Å². The third-order valence-corrected chi connectivity index (χ3v) is 4.06. The number of hydrogen-bond acceptors (Lipinski definition) is 2. The van der Waals surface area contributed by atoms with E-state index < -0.39 is 11.3 Å². The average molecular weight is 293 g/mol. The van der Waals surface area contributed by atoms with Crippen LogP contribution in [-0.2, 0) is 9.08 Å². The van der Waals surface area contributed by atoms with Crippen molar-refractivity contribution in [2.24, 2.45) is 0 Å². The third kappa shape index (κ3) is 1.92. The molecule has 2 aromatic carbocycles. The molecule has 96 valence electrons. The van der Waals surface area contributed by atoms with E-state index in [9.17, 15) is 4.79 Å². The van der Waals surface area contributed by atoms with E-state index in [0.717, 1.165) is 22.3 Å². The van der Waals surface area contributed by atoms with Crippen molar-refractivity contribution >= 4 is 29.4 Å².